The van der Waals surface area contributed by atoms with Crippen molar-refractivity contribution in [3.05, 3.63) is 29.8 Å². The number of aliphatic hydroxyl groups excluding tert-OH is 1. The van der Waals surface area contributed by atoms with Gasteiger partial charge >= 0.3 is 0 Å². The zero-order chi connectivity index (χ0) is 12.5. The predicted molar refractivity (Wildman–Crippen MR) is 69.2 cm³/mol. The molecule has 4 nitrogen and oxygen atoms in total. The van der Waals surface area contributed by atoms with E-state index < -0.39 is 6.10 Å². The fourth-order valence-electron chi connectivity index (χ4n) is 1.46. The molecule has 0 heterocycles. The molecule has 1 atom stereocenters. The van der Waals surface area contributed by atoms with Crippen LogP contribution in [-0.2, 0) is 0 Å². The van der Waals surface area contributed by atoms with Crippen molar-refractivity contribution in [2.45, 2.75) is 19.4 Å². The molecular formula is C13H22N2O2. The monoisotopic (exact) mass is 238 g/mol. The van der Waals surface area contributed by atoms with Gasteiger partial charge < -0.3 is 20.9 Å². The Kier molecular flexibility index (Phi) is 6.62. The van der Waals surface area contributed by atoms with Crippen LogP contribution < -0.4 is 15.8 Å². The third-order valence-corrected chi connectivity index (χ3v) is 2.46. The van der Waals surface area contributed by atoms with Crippen LogP contribution in [0, 0.1) is 6.92 Å². The first-order chi connectivity index (χ1) is 8.24. The Morgan fingerprint density at radius 1 is 1.41 bits per heavy atom. The summed E-state index contributed by atoms with van der Waals surface area (Å²) in [5.74, 6) is 0.827. The number of aliphatic hydroxyl groups is 1. The second-order valence-corrected chi connectivity index (χ2v) is 4.08. The number of benzene rings is 1. The Balaban J connectivity index is 2.19. The fourth-order valence-corrected chi connectivity index (χ4v) is 1.46. The molecule has 0 aliphatic heterocycles. The highest BCUT2D eigenvalue weighted by molar-refractivity contribution is 5.31. The van der Waals surface area contributed by atoms with E-state index in [2.05, 4.69) is 5.32 Å². The lowest BCUT2D eigenvalue weighted by Gasteiger charge is -2.14. The van der Waals surface area contributed by atoms with Crippen LogP contribution in [0.25, 0.3) is 0 Å². The van der Waals surface area contributed by atoms with Crippen molar-refractivity contribution in [2.75, 3.05) is 26.2 Å². The van der Waals surface area contributed by atoms with E-state index in [-0.39, 0.29) is 0 Å². The van der Waals surface area contributed by atoms with Gasteiger partial charge in [-0.1, -0.05) is 18.2 Å². The van der Waals surface area contributed by atoms with E-state index in [0.29, 0.717) is 19.7 Å². The van der Waals surface area contributed by atoms with Crippen LogP contribution in [0.3, 0.4) is 0 Å². The highest BCUT2D eigenvalue weighted by Gasteiger charge is 2.05. The van der Waals surface area contributed by atoms with Crippen molar-refractivity contribution < 1.29 is 9.84 Å². The minimum atomic E-state index is -0.493. The molecule has 0 amide bonds. The standard InChI is InChI=1S/C13H22N2O2/c1-11-5-2-3-6-13(11)17-10-12(16)9-15-8-4-7-14/h2-3,5-6,12,15-16H,4,7-10,14H2,1H3. The van der Waals surface area contributed by atoms with Crippen LogP contribution in [0.1, 0.15) is 12.0 Å². The third-order valence-electron chi connectivity index (χ3n) is 2.46. The first-order valence-corrected chi connectivity index (χ1v) is 6.01. The fraction of sp³-hybridized carbons (Fsp3) is 0.538. The molecular weight excluding hydrogens is 216 g/mol. The second kappa shape index (κ2) is 8.06. The van der Waals surface area contributed by atoms with Gasteiger partial charge in [-0.25, -0.2) is 0 Å². The number of ether oxygens (including phenoxy) is 1. The number of para-hydroxylation sites is 1. The highest BCUT2D eigenvalue weighted by Crippen LogP contribution is 2.15. The molecule has 17 heavy (non-hydrogen) atoms. The van der Waals surface area contributed by atoms with Gasteiger partial charge in [0.2, 0.25) is 0 Å². The minimum absolute atomic E-state index is 0.306. The first kappa shape index (κ1) is 14.0. The first-order valence-electron chi connectivity index (χ1n) is 6.01. The van der Waals surface area contributed by atoms with Gasteiger partial charge in [-0.05, 0) is 38.1 Å². The summed E-state index contributed by atoms with van der Waals surface area (Å²) in [6.45, 7) is 4.33. The maximum absolute atomic E-state index is 9.68. The molecule has 1 aromatic rings. The van der Waals surface area contributed by atoms with Gasteiger partial charge in [0, 0.05) is 6.54 Å². The molecule has 0 aliphatic rings. The zero-order valence-electron chi connectivity index (χ0n) is 10.4. The Bertz CT molecular complexity index is 318. The number of rotatable bonds is 8. The average molecular weight is 238 g/mol. The van der Waals surface area contributed by atoms with Crippen LogP contribution in [0.2, 0.25) is 0 Å². The summed E-state index contributed by atoms with van der Waals surface area (Å²) in [6.07, 6.45) is 0.429. The Labute approximate surface area is 103 Å². The summed E-state index contributed by atoms with van der Waals surface area (Å²) in [5.41, 5.74) is 6.45. The number of nitrogens with one attached hydrogen (secondary N) is 1. The lowest BCUT2D eigenvalue weighted by atomic mass is 10.2. The van der Waals surface area contributed by atoms with Crippen molar-refractivity contribution in [3.63, 3.8) is 0 Å². The predicted octanol–water partition coefficient (Wildman–Crippen LogP) is 0.673. The maximum atomic E-state index is 9.68. The van der Waals surface area contributed by atoms with Gasteiger partial charge in [-0.15, -0.1) is 0 Å². The molecule has 0 radical (unpaired) electrons. The summed E-state index contributed by atoms with van der Waals surface area (Å²) < 4.78 is 5.54. The molecule has 1 unspecified atom stereocenters. The van der Waals surface area contributed by atoms with Crippen LogP contribution >= 0.6 is 0 Å². The smallest absolute Gasteiger partial charge is 0.122 e. The number of hydrogen-bond acceptors (Lipinski definition) is 4. The summed E-state index contributed by atoms with van der Waals surface area (Å²) in [5, 5.41) is 12.8. The molecule has 0 bridgehead atoms. The lowest BCUT2D eigenvalue weighted by Crippen LogP contribution is -2.32. The topological polar surface area (TPSA) is 67.5 Å². The molecule has 1 aromatic carbocycles. The number of nitrogens with two attached hydrogens (primary N) is 1. The number of hydrogen-bond donors (Lipinski definition) is 3. The third kappa shape index (κ3) is 5.68. The zero-order valence-corrected chi connectivity index (χ0v) is 10.4. The van der Waals surface area contributed by atoms with E-state index in [1.807, 2.05) is 31.2 Å². The largest absolute Gasteiger partial charge is 0.491 e. The molecule has 0 saturated heterocycles. The SMILES string of the molecule is Cc1ccccc1OCC(O)CNCCCN. The molecule has 96 valence electrons. The van der Waals surface area contributed by atoms with Crippen molar-refractivity contribution in [1.29, 1.82) is 0 Å². The summed E-state index contributed by atoms with van der Waals surface area (Å²) >= 11 is 0. The lowest BCUT2D eigenvalue weighted by molar-refractivity contribution is 0.106. The van der Waals surface area contributed by atoms with Crippen molar-refractivity contribution in [1.82, 2.24) is 5.32 Å². The molecule has 4 N–H and O–H groups in total. The molecule has 0 aromatic heterocycles. The molecule has 0 fully saturated rings. The Hall–Kier alpha value is -1.10. The molecule has 0 saturated carbocycles. The van der Waals surface area contributed by atoms with E-state index in [1.165, 1.54) is 0 Å². The van der Waals surface area contributed by atoms with Gasteiger partial charge in [-0.3, -0.25) is 0 Å². The second-order valence-electron chi connectivity index (χ2n) is 4.08. The van der Waals surface area contributed by atoms with E-state index in [4.69, 9.17) is 10.5 Å². The number of aryl methyl sites for hydroxylation is 1. The van der Waals surface area contributed by atoms with Gasteiger partial charge in [-0.2, -0.15) is 0 Å². The van der Waals surface area contributed by atoms with E-state index in [1.54, 1.807) is 0 Å². The summed E-state index contributed by atoms with van der Waals surface area (Å²) in [7, 11) is 0. The maximum Gasteiger partial charge on any atom is 0.122 e. The molecule has 4 heteroatoms. The van der Waals surface area contributed by atoms with Crippen LogP contribution in [-0.4, -0.2) is 37.5 Å². The van der Waals surface area contributed by atoms with Gasteiger partial charge in [0.1, 0.15) is 18.5 Å². The summed E-state index contributed by atoms with van der Waals surface area (Å²) in [4.78, 5) is 0. The van der Waals surface area contributed by atoms with E-state index >= 15 is 0 Å². The Morgan fingerprint density at radius 3 is 2.88 bits per heavy atom. The molecule has 1 rings (SSSR count). The van der Waals surface area contributed by atoms with Crippen LogP contribution in [0.15, 0.2) is 24.3 Å². The van der Waals surface area contributed by atoms with Crippen LogP contribution in [0.5, 0.6) is 5.75 Å². The summed E-state index contributed by atoms with van der Waals surface area (Å²) in [6, 6.07) is 7.78. The minimum Gasteiger partial charge on any atom is -0.491 e. The molecule has 0 aliphatic carbocycles. The van der Waals surface area contributed by atoms with Gasteiger partial charge in [0.25, 0.3) is 0 Å². The van der Waals surface area contributed by atoms with E-state index in [0.717, 1.165) is 24.3 Å². The van der Waals surface area contributed by atoms with Crippen LogP contribution in [0.4, 0.5) is 0 Å². The Morgan fingerprint density at radius 2 is 2.18 bits per heavy atom. The van der Waals surface area contributed by atoms with E-state index in [9.17, 15) is 5.11 Å². The quantitative estimate of drug-likeness (QED) is 0.582. The van der Waals surface area contributed by atoms with Gasteiger partial charge in [0.15, 0.2) is 0 Å². The van der Waals surface area contributed by atoms with Gasteiger partial charge in [0.05, 0.1) is 0 Å². The van der Waals surface area contributed by atoms with Crippen molar-refractivity contribution >= 4 is 0 Å². The van der Waals surface area contributed by atoms with Crippen molar-refractivity contribution in [3.8, 4) is 5.75 Å². The van der Waals surface area contributed by atoms with Crippen molar-refractivity contribution in [2.24, 2.45) is 5.73 Å². The highest BCUT2D eigenvalue weighted by atomic mass is 16.5. The average Bonchev–Trinajstić information content (AvgIpc) is 2.34. The normalized spacial score (nSPS) is 12.4. The molecule has 0 spiro atoms.